The Kier molecular flexibility index (Phi) is 7.52. The number of hydrogen-bond acceptors (Lipinski definition) is 8. The van der Waals surface area contributed by atoms with Crippen LogP contribution >= 0.6 is 0 Å². The van der Waals surface area contributed by atoms with Gasteiger partial charge in [-0.25, -0.2) is 18.2 Å². The molecule has 210 valence electrons. The van der Waals surface area contributed by atoms with Gasteiger partial charge in [-0.15, -0.1) is 0 Å². The molecule has 0 radical (unpaired) electrons. The van der Waals surface area contributed by atoms with Crippen LogP contribution in [0.5, 0.6) is 0 Å². The number of amides is 1. The van der Waals surface area contributed by atoms with Gasteiger partial charge in [-0.05, 0) is 68.8 Å². The van der Waals surface area contributed by atoms with Crippen molar-refractivity contribution in [2.75, 3.05) is 37.8 Å². The van der Waals surface area contributed by atoms with E-state index in [0.717, 1.165) is 36.4 Å². The van der Waals surface area contributed by atoms with Gasteiger partial charge >= 0.3 is 6.09 Å². The van der Waals surface area contributed by atoms with E-state index >= 15 is 0 Å². The lowest BCUT2D eigenvalue weighted by Crippen LogP contribution is -2.49. The molecule has 0 bridgehead atoms. The van der Waals surface area contributed by atoms with Crippen LogP contribution in [0.15, 0.2) is 71.9 Å². The number of hydrogen-bond donors (Lipinski definition) is 1. The number of aromatic nitrogens is 3. The molecule has 1 N–H and O–H groups in total. The van der Waals surface area contributed by atoms with Gasteiger partial charge in [0.25, 0.3) is 0 Å². The monoisotopic (exact) mass is 562 g/mol. The summed E-state index contributed by atoms with van der Waals surface area (Å²) in [5.74, 6) is 0.464. The van der Waals surface area contributed by atoms with E-state index in [4.69, 9.17) is 9.72 Å². The molecule has 0 atom stereocenters. The Bertz CT molecular complexity index is 1600. The molecular formula is C29H34N6O4S. The van der Waals surface area contributed by atoms with E-state index in [2.05, 4.69) is 27.3 Å². The summed E-state index contributed by atoms with van der Waals surface area (Å²) in [6.07, 6.45) is 4.60. The molecule has 1 aliphatic rings. The number of fused-ring (bicyclic) bond motifs is 1. The van der Waals surface area contributed by atoms with Crippen LogP contribution in [0.2, 0.25) is 0 Å². The van der Waals surface area contributed by atoms with Gasteiger partial charge in [-0.3, -0.25) is 4.90 Å². The van der Waals surface area contributed by atoms with E-state index in [1.807, 2.05) is 49.7 Å². The van der Waals surface area contributed by atoms with E-state index in [-0.39, 0.29) is 11.0 Å². The molecule has 3 heterocycles. The van der Waals surface area contributed by atoms with Crippen molar-refractivity contribution in [3.63, 3.8) is 0 Å². The van der Waals surface area contributed by atoms with Gasteiger partial charge in [0.05, 0.1) is 4.90 Å². The summed E-state index contributed by atoms with van der Waals surface area (Å²) < 4.78 is 31.0. The van der Waals surface area contributed by atoms with Crippen LogP contribution in [-0.4, -0.2) is 76.9 Å². The predicted octanol–water partition coefficient (Wildman–Crippen LogP) is 4.62. The number of sulfone groups is 1. The van der Waals surface area contributed by atoms with E-state index < -0.39 is 15.4 Å². The highest BCUT2D eigenvalue weighted by Gasteiger charge is 2.25. The van der Waals surface area contributed by atoms with Crippen LogP contribution < -0.4 is 5.32 Å². The van der Waals surface area contributed by atoms with Gasteiger partial charge < -0.3 is 19.5 Å². The zero-order chi connectivity index (χ0) is 28.5. The second kappa shape index (κ2) is 10.9. The third-order valence-electron chi connectivity index (χ3n) is 6.61. The average Bonchev–Trinajstić information content (AvgIpc) is 3.32. The molecular weight excluding hydrogens is 528 g/mol. The normalized spacial score (nSPS) is 14.8. The Labute approximate surface area is 234 Å². The Hall–Kier alpha value is -3.96. The molecule has 1 fully saturated rings. The largest absolute Gasteiger partial charge is 0.444 e. The highest BCUT2D eigenvalue weighted by Crippen LogP contribution is 2.23. The number of rotatable bonds is 6. The predicted molar refractivity (Wildman–Crippen MR) is 155 cm³/mol. The number of nitrogens with zero attached hydrogens (tertiary/aromatic N) is 5. The summed E-state index contributed by atoms with van der Waals surface area (Å²) >= 11 is 0. The second-order valence-electron chi connectivity index (χ2n) is 11.0. The van der Waals surface area contributed by atoms with Crippen molar-refractivity contribution in [1.82, 2.24) is 24.3 Å². The summed E-state index contributed by atoms with van der Waals surface area (Å²) in [7, 11) is -3.26. The van der Waals surface area contributed by atoms with E-state index in [9.17, 15) is 13.2 Å². The fraction of sp³-hybridized carbons (Fsp3) is 0.345. The van der Waals surface area contributed by atoms with Gasteiger partial charge in [0, 0.05) is 68.1 Å². The quantitative estimate of drug-likeness (QED) is 0.363. The van der Waals surface area contributed by atoms with Crippen molar-refractivity contribution >= 4 is 38.6 Å². The van der Waals surface area contributed by atoms with Crippen molar-refractivity contribution in [2.24, 2.45) is 0 Å². The first-order chi connectivity index (χ1) is 18.9. The van der Waals surface area contributed by atoms with Crippen molar-refractivity contribution in [1.29, 1.82) is 0 Å². The summed E-state index contributed by atoms with van der Waals surface area (Å²) in [4.78, 5) is 25.8. The zero-order valence-electron chi connectivity index (χ0n) is 23.2. The SMILES string of the molecule is CC(C)(C)OC(=O)N1CCN(Cc2ccc(Nc3ncc4ccn(-c5ccc(S(C)(=O)=O)cc5)c4n3)cc2)CC1. The van der Waals surface area contributed by atoms with Crippen molar-refractivity contribution in [2.45, 2.75) is 37.8 Å². The maximum atomic E-state index is 12.3. The zero-order valence-corrected chi connectivity index (χ0v) is 24.0. The smallest absolute Gasteiger partial charge is 0.410 e. The van der Waals surface area contributed by atoms with Crippen LogP contribution in [0.25, 0.3) is 16.7 Å². The molecule has 0 saturated carbocycles. The summed E-state index contributed by atoms with van der Waals surface area (Å²) in [5, 5.41) is 4.15. The molecule has 1 aliphatic heterocycles. The number of nitrogens with one attached hydrogen (secondary N) is 1. The van der Waals surface area contributed by atoms with Crippen molar-refractivity contribution < 1.29 is 17.9 Å². The van der Waals surface area contributed by atoms with Gasteiger partial charge in [-0.1, -0.05) is 12.1 Å². The fourth-order valence-corrected chi connectivity index (χ4v) is 5.17. The van der Waals surface area contributed by atoms with Crippen LogP contribution in [0.1, 0.15) is 26.3 Å². The number of ether oxygens (including phenoxy) is 1. The summed E-state index contributed by atoms with van der Waals surface area (Å²) in [6.45, 7) is 9.34. The van der Waals surface area contributed by atoms with Crippen LogP contribution in [0, 0.1) is 0 Å². The maximum Gasteiger partial charge on any atom is 0.410 e. The minimum Gasteiger partial charge on any atom is -0.444 e. The third kappa shape index (κ3) is 6.60. The molecule has 0 spiro atoms. The lowest BCUT2D eigenvalue weighted by molar-refractivity contribution is 0.0139. The van der Waals surface area contributed by atoms with E-state index in [0.29, 0.717) is 24.7 Å². The third-order valence-corrected chi connectivity index (χ3v) is 7.74. The van der Waals surface area contributed by atoms with Gasteiger partial charge in [-0.2, -0.15) is 4.98 Å². The van der Waals surface area contributed by atoms with E-state index in [1.54, 1.807) is 35.4 Å². The molecule has 10 nitrogen and oxygen atoms in total. The van der Waals surface area contributed by atoms with Gasteiger partial charge in [0.15, 0.2) is 9.84 Å². The first kappa shape index (κ1) is 27.6. The van der Waals surface area contributed by atoms with Crippen molar-refractivity contribution in [3.8, 4) is 5.69 Å². The minimum absolute atomic E-state index is 0.250. The molecule has 0 unspecified atom stereocenters. The van der Waals surface area contributed by atoms with Gasteiger partial charge in [0.1, 0.15) is 11.2 Å². The highest BCUT2D eigenvalue weighted by molar-refractivity contribution is 7.90. The summed E-state index contributed by atoms with van der Waals surface area (Å²) in [5.41, 5.74) is 3.08. The Morgan fingerprint density at radius 3 is 2.27 bits per heavy atom. The van der Waals surface area contributed by atoms with E-state index in [1.165, 1.54) is 11.8 Å². The Balaban J connectivity index is 1.21. The van der Waals surface area contributed by atoms with Gasteiger partial charge in [0.2, 0.25) is 5.95 Å². The highest BCUT2D eigenvalue weighted by atomic mass is 32.2. The summed E-state index contributed by atoms with van der Waals surface area (Å²) in [6, 6.07) is 16.8. The first-order valence-electron chi connectivity index (χ1n) is 13.2. The number of benzene rings is 2. The molecule has 0 aliphatic carbocycles. The number of piperazine rings is 1. The molecule has 1 amide bonds. The lowest BCUT2D eigenvalue weighted by atomic mass is 10.2. The van der Waals surface area contributed by atoms with Crippen LogP contribution in [0.3, 0.4) is 0 Å². The maximum absolute atomic E-state index is 12.3. The molecule has 2 aromatic carbocycles. The number of anilines is 2. The first-order valence-corrected chi connectivity index (χ1v) is 15.0. The van der Waals surface area contributed by atoms with Crippen molar-refractivity contribution in [3.05, 3.63) is 72.6 Å². The minimum atomic E-state index is -3.26. The molecule has 5 rings (SSSR count). The lowest BCUT2D eigenvalue weighted by Gasteiger charge is -2.35. The van der Waals surface area contributed by atoms with Crippen LogP contribution in [0.4, 0.5) is 16.4 Å². The second-order valence-corrected chi connectivity index (χ2v) is 13.0. The Morgan fingerprint density at radius 1 is 0.975 bits per heavy atom. The Morgan fingerprint density at radius 2 is 1.65 bits per heavy atom. The average molecular weight is 563 g/mol. The molecule has 40 heavy (non-hydrogen) atoms. The molecule has 2 aromatic heterocycles. The topological polar surface area (TPSA) is 110 Å². The van der Waals surface area contributed by atoms with Crippen LogP contribution in [-0.2, 0) is 21.1 Å². The molecule has 4 aromatic rings. The molecule has 11 heteroatoms. The number of carbonyl (C=O) groups is 1. The standard InChI is InChI=1S/C29H34N6O4S/c1-29(2,3)39-28(36)34-17-15-33(16-18-34)20-21-5-7-23(8-6-21)31-27-30-19-22-13-14-35(26(22)32-27)24-9-11-25(12-10-24)40(4,37)38/h5-14,19H,15-18,20H2,1-4H3,(H,30,31,32). The molecule has 1 saturated heterocycles. The fourth-order valence-electron chi connectivity index (χ4n) is 4.54. The number of carbonyl (C=O) groups excluding carboxylic acids is 1.